The van der Waals surface area contributed by atoms with Gasteiger partial charge in [-0.15, -0.1) is 0 Å². The molecule has 1 N–H and O–H groups in total. The Morgan fingerprint density at radius 1 is 1.12 bits per heavy atom. The molecule has 0 aliphatic heterocycles. The molecule has 3 aromatic rings. The molecule has 0 amide bonds. The molecule has 168 valence electrons. The Kier molecular flexibility index (Phi) is 7.30. The molecule has 1 aromatic carbocycles. The highest BCUT2D eigenvalue weighted by Crippen LogP contribution is 2.26. The zero-order chi connectivity index (χ0) is 22.3. The molecule has 1 aliphatic rings. The normalized spacial score (nSPS) is 14.5. The first kappa shape index (κ1) is 22.2. The minimum absolute atomic E-state index is 0.0748. The third-order valence-electron chi connectivity index (χ3n) is 6.35. The maximum absolute atomic E-state index is 11.5. The van der Waals surface area contributed by atoms with Crippen LogP contribution in [0.3, 0.4) is 0 Å². The maximum Gasteiger partial charge on any atom is 0.355 e. The Balaban J connectivity index is 1.52. The van der Waals surface area contributed by atoms with Crippen molar-refractivity contribution in [2.75, 3.05) is 0 Å². The van der Waals surface area contributed by atoms with Gasteiger partial charge in [0.05, 0.1) is 6.54 Å². The van der Waals surface area contributed by atoms with Crippen molar-refractivity contribution in [3.63, 3.8) is 0 Å². The summed E-state index contributed by atoms with van der Waals surface area (Å²) in [5.41, 5.74) is 2.68. The number of unbranched alkanes of at least 4 members (excludes halogenated alkanes) is 1. The van der Waals surface area contributed by atoms with Gasteiger partial charge in [-0.25, -0.2) is 19.4 Å². The molecule has 4 rings (SSSR count). The van der Waals surface area contributed by atoms with E-state index < -0.39 is 5.97 Å². The summed E-state index contributed by atoms with van der Waals surface area (Å²) >= 11 is 0. The molecule has 1 aliphatic carbocycles. The number of aromatic carboxylic acids is 1. The van der Waals surface area contributed by atoms with E-state index in [1.165, 1.54) is 38.3 Å². The molecule has 6 heteroatoms. The zero-order valence-corrected chi connectivity index (χ0v) is 18.8. The van der Waals surface area contributed by atoms with Crippen molar-refractivity contribution < 1.29 is 9.90 Å². The van der Waals surface area contributed by atoms with Gasteiger partial charge in [-0.1, -0.05) is 75.8 Å². The van der Waals surface area contributed by atoms with Crippen LogP contribution in [0.25, 0.3) is 11.1 Å². The summed E-state index contributed by atoms with van der Waals surface area (Å²) in [5, 5.41) is 14.3. The second-order valence-corrected chi connectivity index (χ2v) is 8.82. The Morgan fingerprint density at radius 2 is 1.91 bits per heavy atom. The van der Waals surface area contributed by atoms with E-state index in [0.29, 0.717) is 12.1 Å². The Bertz CT molecular complexity index is 1040. The van der Waals surface area contributed by atoms with Crippen molar-refractivity contribution in [3.05, 3.63) is 65.5 Å². The summed E-state index contributed by atoms with van der Waals surface area (Å²) in [6.07, 6.45) is 12.3. The fraction of sp³-hybridized carbons (Fsp3) is 0.462. The molecule has 32 heavy (non-hydrogen) atoms. The third kappa shape index (κ3) is 5.42. The van der Waals surface area contributed by atoms with Crippen molar-refractivity contribution >= 4 is 5.97 Å². The smallest absolute Gasteiger partial charge is 0.355 e. The van der Waals surface area contributed by atoms with E-state index in [9.17, 15) is 9.90 Å². The number of benzene rings is 1. The Hall–Kier alpha value is -3.02. The number of carbonyl (C=O) groups is 1. The third-order valence-corrected chi connectivity index (χ3v) is 6.35. The highest BCUT2D eigenvalue weighted by molar-refractivity contribution is 5.93. The average Bonchev–Trinajstić information content (AvgIpc) is 3.19. The quantitative estimate of drug-likeness (QED) is 0.479. The van der Waals surface area contributed by atoms with Gasteiger partial charge in [0.15, 0.2) is 11.5 Å². The highest BCUT2D eigenvalue weighted by Gasteiger charge is 2.18. The molecule has 2 aromatic heterocycles. The minimum Gasteiger partial charge on any atom is -0.476 e. The molecule has 2 heterocycles. The van der Waals surface area contributed by atoms with Crippen LogP contribution in [0.4, 0.5) is 0 Å². The number of carboxylic acid groups (broad SMARTS) is 1. The SMILES string of the molecule is CCCCc1nc(CC2CCCCC2)nn1Cc1ccc(-c2cccnc2C(=O)O)cc1. The number of carboxylic acids is 1. The summed E-state index contributed by atoms with van der Waals surface area (Å²) in [5.74, 6) is 1.77. The van der Waals surface area contributed by atoms with E-state index in [0.717, 1.165) is 54.4 Å². The standard InChI is InChI=1S/C26H32N4O2/c1-2-3-11-24-28-23(17-19-8-5-4-6-9-19)29-30(24)18-20-12-14-21(15-13-20)22-10-7-16-27-25(22)26(31)32/h7,10,12-16,19H,2-6,8-9,11,17-18H2,1H3,(H,31,32). The number of nitrogens with zero attached hydrogens (tertiary/aromatic N) is 4. The lowest BCUT2D eigenvalue weighted by Crippen LogP contribution is -2.11. The van der Waals surface area contributed by atoms with Gasteiger partial charge < -0.3 is 5.11 Å². The summed E-state index contributed by atoms with van der Waals surface area (Å²) in [6, 6.07) is 11.6. The monoisotopic (exact) mass is 432 g/mol. The average molecular weight is 433 g/mol. The molecule has 0 bridgehead atoms. The van der Waals surface area contributed by atoms with Crippen LogP contribution in [-0.4, -0.2) is 30.8 Å². The van der Waals surface area contributed by atoms with Crippen molar-refractivity contribution in [1.82, 2.24) is 19.7 Å². The predicted octanol–water partition coefficient (Wildman–Crippen LogP) is 5.55. The van der Waals surface area contributed by atoms with E-state index in [4.69, 9.17) is 10.1 Å². The van der Waals surface area contributed by atoms with Crippen LogP contribution >= 0.6 is 0 Å². The van der Waals surface area contributed by atoms with Gasteiger partial charge in [0.25, 0.3) is 0 Å². The van der Waals surface area contributed by atoms with Gasteiger partial charge in [0.2, 0.25) is 0 Å². The molecule has 1 fully saturated rings. The number of hydrogen-bond donors (Lipinski definition) is 1. The fourth-order valence-electron chi connectivity index (χ4n) is 4.58. The summed E-state index contributed by atoms with van der Waals surface area (Å²) < 4.78 is 2.07. The Morgan fingerprint density at radius 3 is 2.62 bits per heavy atom. The van der Waals surface area contributed by atoms with Crippen LogP contribution in [0.2, 0.25) is 0 Å². The van der Waals surface area contributed by atoms with Crippen LogP contribution in [0, 0.1) is 5.92 Å². The zero-order valence-electron chi connectivity index (χ0n) is 18.8. The van der Waals surface area contributed by atoms with Gasteiger partial charge in [0.1, 0.15) is 5.82 Å². The van der Waals surface area contributed by atoms with Crippen LogP contribution in [0.15, 0.2) is 42.6 Å². The van der Waals surface area contributed by atoms with E-state index in [1.54, 1.807) is 12.1 Å². The largest absolute Gasteiger partial charge is 0.476 e. The first-order valence-electron chi connectivity index (χ1n) is 11.8. The molecule has 0 atom stereocenters. The van der Waals surface area contributed by atoms with Crippen LogP contribution in [0.1, 0.15) is 79.6 Å². The highest BCUT2D eigenvalue weighted by atomic mass is 16.4. The van der Waals surface area contributed by atoms with Crippen molar-refractivity contribution in [3.8, 4) is 11.1 Å². The van der Waals surface area contributed by atoms with Gasteiger partial charge in [0, 0.05) is 24.6 Å². The molecule has 1 saturated carbocycles. The topological polar surface area (TPSA) is 80.9 Å². The van der Waals surface area contributed by atoms with Gasteiger partial charge >= 0.3 is 5.97 Å². The number of aryl methyl sites for hydroxylation is 1. The van der Waals surface area contributed by atoms with Gasteiger partial charge in [-0.05, 0) is 29.5 Å². The summed E-state index contributed by atoms with van der Waals surface area (Å²) in [7, 11) is 0. The molecular weight excluding hydrogens is 400 g/mol. The fourth-order valence-corrected chi connectivity index (χ4v) is 4.58. The lowest BCUT2D eigenvalue weighted by Gasteiger charge is -2.19. The van der Waals surface area contributed by atoms with E-state index in [1.807, 2.05) is 24.3 Å². The lowest BCUT2D eigenvalue weighted by molar-refractivity contribution is 0.0691. The first-order valence-corrected chi connectivity index (χ1v) is 11.8. The van der Waals surface area contributed by atoms with Crippen molar-refractivity contribution in [1.29, 1.82) is 0 Å². The first-order chi connectivity index (χ1) is 15.6. The van der Waals surface area contributed by atoms with E-state index >= 15 is 0 Å². The second-order valence-electron chi connectivity index (χ2n) is 8.82. The number of rotatable bonds is 9. The van der Waals surface area contributed by atoms with E-state index in [2.05, 4.69) is 16.6 Å². The van der Waals surface area contributed by atoms with Crippen LogP contribution in [-0.2, 0) is 19.4 Å². The van der Waals surface area contributed by atoms with Gasteiger partial charge in [-0.2, -0.15) is 5.10 Å². The summed E-state index contributed by atoms with van der Waals surface area (Å²) in [6.45, 7) is 2.88. The summed E-state index contributed by atoms with van der Waals surface area (Å²) in [4.78, 5) is 20.4. The van der Waals surface area contributed by atoms with E-state index in [-0.39, 0.29) is 5.69 Å². The second kappa shape index (κ2) is 10.5. The predicted molar refractivity (Wildman–Crippen MR) is 125 cm³/mol. The lowest BCUT2D eigenvalue weighted by atomic mass is 9.87. The van der Waals surface area contributed by atoms with Crippen LogP contribution < -0.4 is 0 Å². The molecule has 0 unspecified atom stereocenters. The maximum atomic E-state index is 11.5. The van der Waals surface area contributed by atoms with Crippen molar-refractivity contribution in [2.45, 2.75) is 71.3 Å². The molecular formula is C26H32N4O2. The number of aromatic nitrogens is 4. The molecule has 0 saturated heterocycles. The number of pyridine rings is 1. The van der Waals surface area contributed by atoms with Gasteiger partial charge in [-0.3, -0.25) is 0 Å². The minimum atomic E-state index is -1.02. The molecule has 0 spiro atoms. The van der Waals surface area contributed by atoms with Crippen molar-refractivity contribution in [2.24, 2.45) is 5.92 Å². The number of hydrogen-bond acceptors (Lipinski definition) is 4. The molecule has 6 nitrogen and oxygen atoms in total. The molecule has 0 radical (unpaired) electrons. The van der Waals surface area contributed by atoms with Crippen LogP contribution in [0.5, 0.6) is 0 Å². The Labute approximate surface area is 189 Å².